The van der Waals surface area contributed by atoms with Crippen molar-refractivity contribution in [3.63, 3.8) is 0 Å². The maximum absolute atomic E-state index is 13.4. The molecule has 0 unspecified atom stereocenters. The summed E-state index contributed by atoms with van der Waals surface area (Å²) < 4.78 is 15.1. The molecule has 0 amide bonds. The molecule has 0 fully saturated rings. The van der Waals surface area contributed by atoms with Crippen LogP contribution in [0.5, 0.6) is 0 Å². The van der Waals surface area contributed by atoms with Gasteiger partial charge in [-0.25, -0.2) is 9.07 Å². The van der Waals surface area contributed by atoms with Crippen LogP contribution in [0.2, 0.25) is 0 Å². The molecule has 114 valence electrons. The van der Waals surface area contributed by atoms with E-state index >= 15 is 0 Å². The minimum atomic E-state index is -0.251. The van der Waals surface area contributed by atoms with E-state index in [1.807, 2.05) is 37.4 Å². The summed E-state index contributed by atoms with van der Waals surface area (Å²) in [6.45, 7) is 1.96. The molecule has 0 saturated heterocycles. The minimum Gasteiger partial charge on any atom is -0.278 e. The molecule has 4 aromatic rings. The molecular weight excluding hydrogens is 293 g/mol. The van der Waals surface area contributed by atoms with Crippen molar-refractivity contribution >= 4 is 10.9 Å². The van der Waals surface area contributed by atoms with Gasteiger partial charge in [-0.3, -0.25) is 5.10 Å². The molecule has 6 heteroatoms. The fraction of sp³-hybridized carbons (Fsp3) is 0.118. The summed E-state index contributed by atoms with van der Waals surface area (Å²) in [5, 5.41) is 16.4. The number of H-pyrrole nitrogens is 1. The number of benzene rings is 2. The van der Waals surface area contributed by atoms with Crippen molar-refractivity contribution in [1.29, 1.82) is 0 Å². The highest BCUT2D eigenvalue weighted by Gasteiger charge is 2.12. The second-order valence-corrected chi connectivity index (χ2v) is 5.49. The van der Waals surface area contributed by atoms with Crippen molar-refractivity contribution < 1.29 is 4.39 Å². The Morgan fingerprint density at radius 2 is 2.09 bits per heavy atom. The van der Waals surface area contributed by atoms with Crippen LogP contribution in [-0.4, -0.2) is 25.2 Å². The monoisotopic (exact) mass is 307 g/mol. The minimum absolute atomic E-state index is 0.0946. The van der Waals surface area contributed by atoms with Crippen LogP contribution in [0.15, 0.2) is 54.9 Å². The zero-order chi connectivity index (χ0) is 15.8. The SMILES string of the molecule is C[C@H](c1cccc(F)c1)n1cc(-c2ccc3cn[nH]c3c2)nn1. The molecule has 0 bridgehead atoms. The summed E-state index contributed by atoms with van der Waals surface area (Å²) in [7, 11) is 0. The second-order valence-electron chi connectivity index (χ2n) is 5.49. The Hall–Kier alpha value is -3.02. The first kappa shape index (κ1) is 13.6. The first-order chi connectivity index (χ1) is 11.2. The van der Waals surface area contributed by atoms with E-state index in [0.29, 0.717) is 0 Å². The number of hydrogen-bond acceptors (Lipinski definition) is 3. The van der Waals surface area contributed by atoms with E-state index < -0.39 is 0 Å². The van der Waals surface area contributed by atoms with Crippen molar-refractivity contribution in [1.82, 2.24) is 25.2 Å². The van der Waals surface area contributed by atoms with E-state index in [0.717, 1.165) is 27.7 Å². The molecule has 1 atom stereocenters. The molecule has 0 saturated carbocycles. The molecule has 2 aromatic carbocycles. The van der Waals surface area contributed by atoms with Gasteiger partial charge < -0.3 is 0 Å². The van der Waals surface area contributed by atoms with Crippen LogP contribution in [0.3, 0.4) is 0 Å². The lowest BCUT2D eigenvalue weighted by Gasteiger charge is -2.11. The number of halogens is 1. The summed E-state index contributed by atoms with van der Waals surface area (Å²) in [5.74, 6) is -0.251. The molecule has 0 aliphatic rings. The van der Waals surface area contributed by atoms with E-state index in [-0.39, 0.29) is 11.9 Å². The first-order valence-electron chi connectivity index (χ1n) is 7.31. The smallest absolute Gasteiger partial charge is 0.123 e. The summed E-state index contributed by atoms with van der Waals surface area (Å²) in [5.41, 5.74) is 3.53. The van der Waals surface area contributed by atoms with Gasteiger partial charge >= 0.3 is 0 Å². The van der Waals surface area contributed by atoms with Crippen LogP contribution < -0.4 is 0 Å². The maximum atomic E-state index is 13.4. The Balaban J connectivity index is 1.68. The lowest BCUT2D eigenvalue weighted by atomic mass is 10.1. The molecule has 2 heterocycles. The van der Waals surface area contributed by atoms with Crippen molar-refractivity contribution in [3.05, 3.63) is 66.2 Å². The highest BCUT2D eigenvalue weighted by atomic mass is 19.1. The van der Waals surface area contributed by atoms with Gasteiger partial charge in [-0.2, -0.15) is 5.10 Å². The maximum Gasteiger partial charge on any atom is 0.123 e. The van der Waals surface area contributed by atoms with Crippen LogP contribution >= 0.6 is 0 Å². The lowest BCUT2D eigenvalue weighted by Crippen LogP contribution is -2.07. The van der Waals surface area contributed by atoms with E-state index in [1.165, 1.54) is 12.1 Å². The van der Waals surface area contributed by atoms with Crippen LogP contribution in [0.25, 0.3) is 22.2 Å². The first-order valence-corrected chi connectivity index (χ1v) is 7.31. The summed E-state index contributed by atoms with van der Waals surface area (Å²) in [6, 6.07) is 12.4. The Morgan fingerprint density at radius 1 is 1.17 bits per heavy atom. The quantitative estimate of drug-likeness (QED) is 0.629. The standard InChI is InChI=1S/C17H14FN5/c1-11(12-3-2-4-15(18)7-12)23-10-17(21-22-23)13-5-6-14-9-19-20-16(14)8-13/h2-11H,1H3,(H,19,20)/t11-/m1/s1. The van der Waals surface area contributed by atoms with Crippen molar-refractivity contribution in [2.24, 2.45) is 0 Å². The van der Waals surface area contributed by atoms with Gasteiger partial charge in [0.1, 0.15) is 11.5 Å². The molecule has 0 aliphatic heterocycles. The Labute approximate surface area is 131 Å². The molecule has 2 aromatic heterocycles. The average Bonchev–Trinajstić information content (AvgIpc) is 3.22. The van der Waals surface area contributed by atoms with Gasteiger partial charge in [-0.1, -0.05) is 29.5 Å². The second kappa shape index (κ2) is 5.31. The lowest BCUT2D eigenvalue weighted by molar-refractivity contribution is 0.537. The zero-order valence-corrected chi connectivity index (χ0v) is 12.4. The van der Waals surface area contributed by atoms with Gasteiger partial charge in [0.05, 0.1) is 24.0 Å². The predicted molar refractivity (Wildman–Crippen MR) is 85.3 cm³/mol. The summed E-state index contributed by atoms with van der Waals surface area (Å²) in [4.78, 5) is 0. The van der Waals surface area contributed by atoms with Gasteiger partial charge in [-0.05, 0) is 30.7 Å². The largest absolute Gasteiger partial charge is 0.278 e. The number of hydrogen-bond donors (Lipinski definition) is 1. The number of nitrogens with zero attached hydrogens (tertiary/aromatic N) is 4. The number of aromatic nitrogens is 5. The normalized spacial score (nSPS) is 12.6. The third-order valence-electron chi connectivity index (χ3n) is 3.98. The number of nitrogens with one attached hydrogen (secondary N) is 1. The van der Waals surface area contributed by atoms with Gasteiger partial charge in [0.25, 0.3) is 0 Å². The molecule has 1 N–H and O–H groups in total. The summed E-state index contributed by atoms with van der Waals surface area (Å²) in [6.07, 6.45) is 3.65. The Morgan fingerprint density at radius 3 is 2.96 bits per heavy atom. The Bertz CT molecular complexity index is 972. The van der Waals surface area contributed by atoms with E-state index in [1.54, 1.807) is 16.9 Å². The fourth-order valence-corrected chi connectivity index (χ4v) is 2.61. The van der Waals surface area contributed by atoms with E-state index in [9.17, 15) is 4.39 Å². The van der Waals surface area contributed by atoms with Gasteiger partial charge in [0.2, 0.25) is 0 Å². The third kappa shape index (κ3) is 2.48. The molecule has 5 nitrogen and oxygen atoms in total. The Kier molecular flexibility index (Phi) is 3.15. The molecule has 23 heavy (non-hydrogen) atoms. The van der Waals surface area contributed by atoms with Crippen LogP contribution in [0.1, 0.15) is 18.5 Å². The van der Waals surface area contributed by atoms with Crippen LogP contribution in [0, 0.1) is 5.82 Å². The van der Waals surface area contributed by atoms with E-state index in [4.69, 9.17) is 0 Å². The van der Waals surface area contributed by atoms with Crippen molar-refractivity contribution in [2.45, 2.75) is 13.0 Å². The third-order valence-corrected chi connectivity index (χ3v) is 3.98. The number of rotatable bonds is 3. The molecule has 0 aliphatic carbocycles. The molecule has 4 rings (SSSR count). The summed E-state index contributed by atoms with van der Waals surface area (Å²) >= 11 is 0. The molecule has 0 radical (unpaired) electrons. The van der Waals surface area contributed by atoms with Gasteiger partial charge in [0.15, 0.2) is 0 Å². The van der Waals surface area contributed by atoms with Crippen molar-refractivity contribution in [2.75, 3.05) is 0 Å². The van der Waals surface area contributed by atoms with Crippen LogP contribution in [0.4, 0.5) is 4.39 Å². The zero-order valence-electron chi connectivity index (χ0n) is 12.4. The molecular formula is C17H14FN5. The highest BCUT2D eigenvalue weighted by Crippen LogP contribution is 2.24. The molecule has 0 spiro atoms. The van der Waals surface area contributed by atoms with E-state index in [2.05, 4.69) is 20.5 Å². The van der Waals surface area contributed by atoms with Gasteiger partial charge in [0, 0.05) is 10.9 Å². The predicted octanol–water partition coefficient (Wildman–Crippen LogP) is 3.57. The van der Waals surface area contributed by atoms with Gasteiger partial charge in [-0.15, -0.1) is 5.10 Å². The fourth-order valence-electron chi connectivity index (χ4n) is 2.61. The van der Waals surface area contributed by atoms with Crippen molar-refractivity contribution in [3.8, 4) is 11.3 Å². The van der Waals surface area contributed by atoms with Crippen LogP contribution in [-0.2, 0) is 0 Å². The number of fused-ring (bicyclic) bond motifs is 1. The average molecular weight is 307 g/mol. The topological polar surface area (TPSA) is 59.4 Å². The highest BCUT2D eigenvalue weighted by molar-refractivity contribution is 5.82. The number of aromatic amines is 1.